The van der Waals surface area contributed by atoms with Gasteiger partial charge in [-0.25, -0.2) is 0 Å². The van der Waals surface area contributed by atoms with Crippen LogP contribution in [-0.2, 0) is 0 Å². The maximum absolute atomic E-state index is 13.4. The standard InChI is InChI=1S/C23H18O4S/c1-2-27-18-12-13-19-20(14-18)28(26)23(16-6-4-3-5-7-16)21(19)22(25)15-8-10-17(24)11-9-15/h3-14,24H,2H2,1H3. The Labute approximate surface area is 165 Å². The van der Waals surface area contributed by atoms with Crippen molar-refractivity contribution in [3.63, 3.8) is 0 Å². The molecule has 1 unspecified atom stereocenters. The number of aromatic hydroxyl groups is 1. The van der Waals surface area contributed by atoms with Crippen molar-refractivity contribution in [3.8, 4) is 21.9 Å². The quantitative estimate of drug-likeness (QED) is 0.357. The van der Waals surface area contributed by atoms with Crippen molar-refractivity contribution in [2.45, 2.75) is 6.92 Å². The second kappa shape index (κ2) is 7.46. The highest BCUT2D eigenvalue weighted by Gasteiger charge is 2.29. The molecule has 0 radical (unpaired) electrons. The monoisotopic (exact) mass is 390 g/mol. The van der Waals surface area contributed by atoms with Crippen LogP contribution in [0.3, 0.4) is 0 Å². The Kier molecular flexibility index (Phi) is 4.86. The van der Waals surface area contributed by atoms with Crippen LogP contribution < -0.4 is 4.74 Å². The van der Waals surface area contributed by atoms with Gasteiger partial charge in [0.2, 0.25) is 0 Å². The van der Waals surface area contributed by atoms with E-state index >= 15 is 0 Å². The molecule has 0 aliphatic carbocycles. The van der Waals surface area contributed by atoms with E-state index in [0.29, 0.717) is 38.4 Å². The highest BCUT2D eigenvalue weighted by atomic mass is 32.2. The maximum atomic E-state index is 13.4. The summed E-state index contributed by atoms with van der Waals surface area (Å²) in [6.45, 7) is 2.39. The van der Waals surface area contributed by atoms with Crippen molar-refractivity contribution >= 4 is 26.6 Å². The minimum absolute atomic E-state index is 0.0885. The SMILES string of the molecule is CCOc1ccc2c(C(=O)c3ccc(O)cc3)c(-c3ccccc3)[s+]([O-])c2c1. The fourth-order valence-electron chi connectivity index (χ4n) is 3.27. The predicted octanol–water partition coefficient (Wildman–Crippen LogP) is 5.57. The van der Waals surface area contributed by atoms with Crippen LogP contribution in [-0.4, -0.2) is 22.0 Å². The molecule has 0 bridgehead atoms. The number of ether oxygens (including phenoxy) is 1. The fourth-order valence-corrected chi connectivity index (χ4v) is 4.82. The summed E-state index contributed by atoms with van der Waals surface area (Å²) in [5.41, 5.74) is 1.60. The van der Waals surface area contributed by atoms with Gasteiger partial charge in [-0.1, -0.05) is 18.2 Å². The molecular formula is C23H18O4S. The highest BCUT2D eigenvalue weighted by Crippen LogP contribution is 2.46. The van der Waals surface area contributed by atoms with Crippen LogP contribution in [0.4, 0.5) is 0 Å². The zero-order chi connectivity index (χ0) is 19.7. The first-order valence-electron chi connectivity index (χ1n) is 8.92. The molecule has 4 rings (SSSR count). The van der Waals surface area contributed by atoms with Crippen LogP contribution in [0.5, 0.6) is 11.5 Å². The van der Waals surface area contributed by atoms with Gasteiger partial charge >= 0.3 is 0 Å². The van der Waals surface area contributed by atoms with E-state index < -0.39 is 10.8 Å². The zero-order valence-electron chi connectivity index (χ0n) is 15.2. The van der Waals surface area contributed by atoms with E-state index in [0.717, 1.165) is 5.56 Å². The molecule has 4 aromatic rings. The van der Waals surface area contributed by atoms with E-state index in [9.17, 15) is 14.5 Å². The fraction of sp³-hybridized carbons (Fsp3) is 0.0870. The van der Waals surface area contributed by atoms with Gasteiger partial charge in [0.15, 0.2) is 15.4 Å². The van der Waals surface area contributed by atoms with Gasteiger partial charge in [0.25, 0.3) is 0 Å². The summed E-state index contributed by atoms with van der Waals surface area (Å²) in [6.07, 6.45) is 0. The maximum Gasteiger partial charge on any atom is 0.199 e. The molecule has 5 heteroatoms. The van der Waals surface area contributed by atoms with Gasteiger partial charge in [-0.3, -0.25) is 4.79 Å². The molecular weight excluding hydrogens is 372 g/mol. The van der Waals surface area contributed by atoms with E-state index in [1.165, 1.54) is 12.1 Å². The van der Waals surface area contributed by atoms with E-state index in [2.05, 4.69) is 0 Å². The Hall–Kier alpha value is -3.15. The summed E-state index contributed by atoms with van der Waals surface area (Å²) in [5, 5.41) is 10.2. The Morgan fingerprint density at radius 2 is 1.75 bits per heavy atom. The molecule has 28 heavy (non-hydrogen) atoms. The number of carbonyl (C=O) groups is 1. The molecule has 0 fully saturated rings. The summed E-state index contributed by atoms with van der Waals surface area (Å²) in [5.74, 6) is 0.487. The van der Waals surface area contributed by atoms with E-state index in [1.807, 2.05) is 37.3 Å². The summed E-state index contributed by atoms with van der Waals surface area (Å²) in [6, 6.07) is 20.7. The molecule has 1 atom stereocenters. The molecule has 3 aromatic carbocycles. The van der Waals surface area contributed by atoms with Crippen LogP contribution in [0, 0.1) is 0 Å². The first-order chi connectivity index (χ1) is 13.6. The Morgan fingerprint density at radius 3 is 2.43 bits per heavy atom. The van der Waals surface area contributed by atoms with Crippen molar-refractivity contribution in [2.75, 3.05) is 6.61 Å². The average Bonchev–Trinajstić information content (AvgIpc) is 3.01. The van der Waals surface area contributed by atoms with Crippen molar-refractivity contribution in [3.05, 3.63) is 83.9 Å². The normalized spacial score (nSPS) is 11.6. The predicted molar refractivity (Wildman–Crippen MR) is 111 cm³/mol. The van der Waals surface area contributed by atoms with Crippen LogP contribution >= 0.6 is 10.8 Å². The molecule has 4 nitrogen and oxygen atoms in total. The van der Waals surface area contributed by atoms with Crippen LogP contribution in [0.15, 0.2) is 72.8 Å². The summed E-state index contributed by atoms with van der Waals surface area (Å²) >= 11 is 0. The Balaban J connectivity index is 1.99. The highest BCUT2D eigenvalue weighted by molar-refractivity contribution is 7.35. The minimum atomic E-state index is -1.50. The van der Waals surface area contributed by atoms with Gasteiger partial charge in [0.05, 0.1) is 17.6 Å². The lowest BCUT2D eigenvalue weighted by atomic mass is 9.97. The Morgan fingerprint density at radius 1 is 1.04 bits per heavy atom. The second-order valence-electron chi connectivity index (χ2n) is 6.31. The average molecular weight is 390 g/mol. The van der Waals surface area contributed by atoms with Crippen LogP contribution in [0.1, 0.15) is 22.8 Å². The number of ketones is 1. The summed E-state index contributed by atoms with van der Waals surface area (Å²) < 4.78 is 19.5. The van der Waals surface area contributed by atoms with E-state index in [4.69, 9.17) is 4.74 Å². The van der Waals surface area contributed by atoms with Crippen LogP contribution in [0.25, 0.3) is 20.5 Å². The molecule has 0 spiro atoms. The molecule has 0 aliphatic rings. The number of carbonyl (C=O) groups excluding carboxylic acids is 1. The lowest BCUT2D eigenvalue weighted by molar-refractivity contribution is 0.104. The van der Waals surface area contributed by atoms with Crippen molar-refractivity contribution < 1.29 is 19.2 Å². The third-order valence-electron chi connectivity index (χ3n) is 4.54. The summed E-state index contributed by atoms with van der Waals surface area (Å²) in [4.78, 5) is 13.9. The lowest BCUT2D eigenvalue weighted by Crippen LogP contribution is -2.02. The first kappa shape index (κ1) is 18.2. The van der Waals surface area contributed by atoms with Crippen molar-refractivity contribution in [1.29, 1.82) is 0 Å². The number of thiophene rings is 1. The summed E-state index contributed by atoms with van der Waals surface area (Å²) in [7, 11) is -1.50. The smallest absolute Gasteiger partial charge is 0.199 e. The molecule has 1 N–H and O–H groups in total. The number of hydrogen-bond acceptors (Lipinski definition) is 4. The van der Waals surface area contributed by atoms with Crippen molar-refractivity contribution in [1.82, 2.24) is 0 Å². The molecule has 1 aromatic heterocycles. The zero-order valence-corrected chi connectivity index (χ0v) is 16.0. The number of phenolic OH excluding ortho intramolecular Hbond substituents is 1. The number of fused-ring (bicyclic) bond motifs is 1. The second-order valence-corrected chi connectivity index (χ2v) is 7.69. The third kappa shape index (κ3) is 3.15. The van der Waals surface area contributed by atoms with Crippen LogP contribution in [0.2, 0.25) is 0 Å². The van der Waals surface area contributed by atoms with Gasteiger partial charge in [-0.05, 0) is 66.2 Å². The largest absolute Gasteiger partial charge is 0.590 e. The van der Waals surface area contributed by atoms with Gasteiger partial charge in [-0.2, -0.15) is 0 Å². The van der Waals surface area contributed by atoms with Gasteiger partial charge in [0.1, 0.15) is 11.5 Å². The number of phenols is 1. The minimum Gasteiger partial charge on any atom is -0.590 e. The van der Waals surface area contributed by atoms with E-state index in [1.54, 1.807) is 30.3 Å². The van der Waals surface area contributed by atoms with Gasteiger partial charge < -0.3 is 14.4 Å². The lowest BCUT2D eigenvalue weighted by Gasteiger charge is -2.04. The molecule has 0 saturated heterocycles. The number of rotatable bonds is 5. The van der Waals surface area contributed by atoms with E-state index in [-0.39, 0.29) is 11.5 Å². The van der Waals surface area contributed by atoms with Gasteiger partial charge in [-0.15, -0.1) is 0 Å². The number of hydrogen-bond donors (Lipinski definition) is 1. The first-order valence-corrected chi connectivity index (χ1v) is 10.1. The molecule has 140 valence electrons. The molecule has 1 heterocycles. The topological polar surface area (TPSA) is 69.6 Å². The molecule has 0 saturated carbocycles. The number of benzene rings is 3. The molecule has 0 aliphatic heterocycles. The van der Waals surface area contributed by atoms with Gasteiger partial charge in [0, 0.05) is 17.2 Å². The Bertz CT molecular complexity index is 1140. The third-order valence-corrected chi connectivity index (χ3v) is 6.09. The van der Waals surface area contributed by atoms with Crippen molar-refractivity contribution in [2.24, 2.45) is 0 Å². The molecule has 0 amide bonds.